The quantitative estimate of drug-likeness (QED) is 0.708. The minimum absolute atomic E-state index is 0.220. The lowest BCUT2D eigenvalue weighted by Gasteiger charge is -2.08. The first kappa shape index (κ1) is 15.9. The van der Waals surface area contributed by atoms with Crippen molar-refractivity contribution in [3.63, 3.8) is 0 Å². The third-order valence-electron chi connectivity index (χ3n) is 3.36. The van der Waals surface area contributed by atoms with Crippen LogP contribution in [-0.4, -0.2) is 35.9 Å². The molecule has 0 radical (unpaired) electrons. The van der Waals surface area contributed by atoms with Crippen LogP contribution in [0.4, 0.5) is 5.82 Å². The molecule has 2 heterocycles. The molecule has 1 aromatic carbocycles. The van der Waals surface area contributed by atoms with Crippen molar-refractivity contribution >= 4 is 37.2 Å². The summed E-state index contributed by atoms with van der Waals surface area (Å²) < 4.78 is 23.7. The number of aromatic nitrogens is 2. The summed E-state index contributed by atoms with van der Waals surface area (Å²) in [5, 5.41) is 15.0. The van der Waals surface area contributed by atoms with Gasteiger partial charge < -0.3 is 10.4 Å². The highest BCUT2D eigenvalue weighted by Gasteiger charge is 2.13. The maximum Gasteiger partial charge on any atom is 0.180 e. The lowest BCUT2D eigenvalue weighted by atomic mass is 10.2. The van der Waals surface area contributed by atoms with Crippen LogP contribution in [0.3, 0.4) is 0 Å². The van der Waals surface area contributed by atoms with E-state index < -0.39 is 9.84 Å². The number of aliphatic hydroxyl groups excluding tert-OH is 1. The Labute approximate surface area is 137 Å². The Bertz CT molecular complexity index is 905. The first-order chi connectivity index (χ1) is 11.1. The molecule has 0 aliphatic rings. The SMILES string of the molecule is O=S(=O)(CCO)c1ccc(CNc2ncnc3sccc23)cc1. The molecule has 6 nitrogen and oxygen atoms in total. The summed E-state index contributed by atoms with van der Waals surface area (Å²) in [6, 6.07) is 8.59. The van der Waals surface area contributed by atoms with Gasteiger partial charge in [-0.1, -0.05) is 12.1 Å². The fraction of sp³-hybridized carbons (Fsp3) is 0.200. The predicted octanol–water partition coefficient (Wildman–Crippen LogP) is 2.07. The van der Waals surface area contributed by atoms with Gasteiger partial charge in [0.25, 0.3) is 0 Å². The molecule has 3 rings (SSSR count). The highest BCUT2D eigenvalue weighted by molar-refractivity contribution is 7.91. The van der Waals surface area contributed by atoms with Crippen molar-refractivity contribution in [2.75, 3.05) is 17.7 Å². The van der Waals surface area contributed by atoms with E-state index in [0.29, 0.717) is 6.54 Å². The van der Waals surface area contributed by atoms with Gasteiger partial charge >= 0.3 is 0 Å². The van der Waals surface area contributed by atoms with E-state index in [1.165, 1.54) is 6.33 Å². The van der Waals surface area contributed by atoms with Crippen molar-refractivity contribution in [3.05, 3.63) is 47.6 Å². The van der Waals surface area contributed by atoms with Gasteiger partial charge in [-0.3, -0.25) is 0 Å². The second-order valence-electron chi connectivity index (χ2n) is 4.90. The number of nitrogens with zero attached hydrogens (tertiary/aromatic N) is 2. The van der Waals surface area contributed by atoms with Gasteiger partial charge in [-0.15, -0.1) is 11.3 Å². The van der Waals surface area contributed by atoms with Gasteiger partial charge in [0.1, 0.15) is 17.0 Å². The molecule has 0 fully saturated rings. The van der Waals surface area contributed by atoms with Crippen LogP contribution in [-0.2, 0) is 16.4 Å². The molecule has 0 aliphatic heterocycles. The maximum absolute atomic E-state index is 11.8. The normalized spacial score (nSPS) is 11.7. The van der Waals surface area contributed by atoms with Gasteiger partial charge in [0, 0.05) is 6.54 Å². The molecule has 0 amide bonds. The topological polar surface area (TPSA) is 92.2 Å². The van der Waals surface area contributed by atoms with Crippen LogP contribution in [0, 0.1) is 0 Å². The second-order valence-corrected chi connectivity index (χ2v) is 7.91. The summed E-state index contributed by atoms with van der Waals surface area (Å²) in [6.45, 7) is 0.151. The number of nitrogens with one attached hydrogen (secondary N) is 1. The van der Waals surface area contributed by atoms with Gasteiger partial charge in [-0.05, 0) is 29.1 Å². The number of hydrogen-bond donors (Lipinski definition) is 2. The first-order valence-electron chi connectivity index (χ1n) is 6.95. The molecule has 2 N–H and O–H groups in total. The second kappa shape index (κ2) is 6.61. The number of aliphatic hydroxyl groups is 1. The summed E-state index contributed by atoms with van der Waals surface area (Å²) in [4.78, 5) is 9.57. The van der Waals surface area contributed by atoms with E-state index in [4.69, 9.17) is 5.11 Å². The Hall–Kier alpha value is -2.03. The minimum atomic E-state index is -3.41. The number of anilines is 1. The summed E-state index contributed by atoms with van der Waals surface area (Å²) >= 11 is 1.55. The number of sulfone groups is 1. The first-order valence-corrected chi connectivity index (χ1v) is 9.48. The fourth-order valence-electron chi connectivity index (χ4n) is 2.17. The molecule has 2 aromatic heterocycles. The summed E-state index contributed by atoms with van der Waals surface area (Å²) in [7, 11) is -3.41. The molecule has 0 unspecified atom stereocenters. The Kier molecular flexibility index (Phi) is 4.56. The molecule has 0 saturated carbocycles. The van der Waals surface area contributed by atoms with Crippen LogP contribution in [0.5, 0.6) is 0 Å². The number of benzene rings is 1. The van der Waals surface area contributed by atoms with Gasteiger partial charge in [0.05, 0.1) is 22.6 Å². The van der Waals surface area contributed by atoms with Crippen molar-refractivity contribution in [3.8, 4) is 0 Å². The van der Waals surface area contributed by atoms with E-state index in [9.17, 15) is 8.42 Å². The molecule has 120 valence electrons. The Balaban J connectivity index is 1.73. The van der Waals surface area contributed by atoms with E-state index in [2.05, 4.69) is 15.3 Å². The van der Waals surface area contributed by atoms with Crippen LogP contribution < -0.4 is 5.32 Å². The Morgan fingerprint density at radius 2 is 1.91 bits per heavy atom. The molecular formula is C15H15N3O3S2. The molecule has 0 aliphatic carbocycles. The number of thiophene rings is 1. The fourth-order valence-corrected chi connectivity index (χ4v) is 3.93. The number of fused-ring (bicyclic) bond motifs is 1. The Morgan fingerprint density at radius 1 is 1.13 bits per heavy atom. The summed E-state index contributed by atoms with van der Waals surface area (Å²) in [5.41, 5.74) is 0.940. The highest BCUT2D eigenvalue weighted by Crippen LogP contribution is 2.24. The largest absolute Gasteiger partial charge is 0.395 e. The van der Waals surface area contributed by atoms with E-state index in [0.717, 1.165) is 21.6 Å². The van der Waals surface area contributed by atoms with Crippen LogP contribution in [0.15, 0.2) is 46.9 Å². The van der Waals surface area contributed by atoms with Crippen molar-refractivity contribution in [2.24, 2.45) is 0 Å². The van der Waals surface area contributed by atoms with Crippen LogP contribution in [0.25, 0.3) is 10.2 Å². The van der Waals surface area contributed by atoms with Gasteiger partial charge in [-0.2, -0.15) is 0 Å². The van der Waals surface area contributed by atoms with E-state index in [1.54, 1.807) is 35.6 Å². The highest BCUT2D eigenvalue weighted by atomic mass is 32.2. The van der Waals surface area contributed by atoms with Crippen molar-refractivity contribution in [2.45, 2.75) is 11.4 Å². The summed E-state index contributed by atoms with van der Waals surface area (Å²) in [5.74, 6) is 0.495. The average molecular weight is 349 g/mol. The molecule has 0 spiro atoms. The molecule has 0 bridgehead atoms. The number of hydrogen-bond acceptors (Lipinski definition) is 7. The van der Waals surface area contributed by atoms with Crippen LogP contribution >= 0.6 is 11.3 Å². The van der Waals surface area contributed by atoms with Crippen molar-refractivity contribution in [1.29, 1.82) is 0 Å². The zero-order chi connectivity index (χ0) is 16.3. The molecule has 23 heavy (non-hydrogen) atoms. The van der Waals surface area contributed by atoms with E-state index >= 15 is 0 Å². The van der Waals surface area contributed by atoms with Gasteiger partial charge in [-0.25, -0.2) is 18.4 Å². The van der Waals surface area contributed by atoms with Crippen LogP contribution in [0.1, 0.15) is 5.56 Å². The zero-order valence-corrected chi connectivity index (χ0v) is 13.8. The molecule has 3 aromatic rings. The van der Waals surface area contributed by atoms with E-state index in [1.807, 2.05) is 11.4 Å². The molecule has 0 atom stereocenters. The third-order valence-corrected chi connectivity index (χ3v) is 5.90. The van der Waals surface area contributed by atoms with Crippen molar-refractivity contribution in [1.82, 2.24) is 9.97 Å². The van der Waals surface area contributed by atoms with Gasteiger partial charge in [0.2, 0.25) is 0 Å². The molecule has 8 heteroatoms. The molecule has 0 saturated heterocycles. The van der Waals surface area contributed by atoms with Crippen molar-refractivity contribution < 1.29 is 13.5 Å². The van der Waals surface area contributed by atoms with E-state index in [-0.39, 0.29) is 17.3 Å². The number of rotatable bonds is 6. The average Bonchev–Trinajstić information content (AvgIpc) is 3.02. The molecular weight excluding hydrogens is 334 g/mol. The standard InChI is InChI=1S/C15H15N3O3S2/c19-6-8-23(20,21)12-3-1-11(2-4-12)9-16-14-13-5-7-22-15(13)18-10-17-14/h1-5,7,10,19H,6,8-9H2,(H,16,17,18). The third kappa shape index (κ3) is 3.49. The Morgan fingerprint density at radius 3 is 2.65 bits per heavy atom. The summed E-state index contributed by atoms with van der Waals surface area (Å²) in [6.07, 6.45) is 1.52. The predicted molar refractivity (Wildman–Crippen MR) is 90.3 cm³/mol. The smallest absolute Gasteiger partial charge is 0.180 e. The monoisotopic (exact) mass is 349 g/mol. The van der Waals surface area contributed by atoms with Crippen LogP contribution in [0.2, 0.25) is 0 Å². The van der Waals surface area contributed by atoms with Gasteiger partial charge in [0.15, 0.2) is 9.84 Å². The lowest BCUT2D eigenvalue weighted by Crippen LogP contribution is -2.10. The lowest BCUT2D eigenvalue weighted by molar-refractivity contribution is 0.319. The maximum atomic E-state index is 11.8. The minimum Gasteiger partial charge on any atom is -0.395 e. The zero-order valence-electron chi connectivity index (χ0n) is 12.1.